The molecule has 0 spiro atoms. The van der Waals surface area contributed by atoms with Gasteiger partial charge >= 0.3 is 6.61 Å². The van der Waals surface area contributed by atoms with E-state index in [-0.39, 0.29) is 5.75 Å². The maximum atomic E-state index is 12.1. The number of hydrogen-bond donors (Lipinski definition) is 1. The molecular formula is C16H23F2NO. The fourth-order valence-electron chi connectivity index (χ4n) is 3.20. The molecule has 1 fully saturated rings. The first kappa shape index (κ1) is 15.2. The molecule has 2 rings (SSSR count). The highest BCUT2D eigenvalue weighted by molar-refractivity contribution is 5.27. The van der Waals surface area contributed by atoms with Gasteiger partial charge in [-0.1, -0.05) is 32.9 Å². The fourth-order valence-corrected chi connectivity index (χ4v) is 3.20. The Hall–Kier alpha value is -1.16. The summed E-state index contributed by atoms with van der Waals surface area (Å²) in [6.45, 7) is 4.90. The summed E-state index contributed by atoms with van der Waals surface area (Å²) < 4.78 is 28.4. The Morgan fingerprint density at radius 3 is 2.40 bits per heavy atom. The van der Waals surface area contributed by atoms with Crippen LogP contribution in [0.1, 0.15) is 39.2 Å². The number of hydrogen-bond acceptors (Lipinski definition) is 2. The van der Waals surface area contributed by atoms with E-state index < -0.39 is 6.61 Å². The van der Waals surface area contributed by atoms with E-state index in [4.69, 9.17) is 0 Å². The van der Waals surface area contributed by atoms with Crippen LogP contribution in [-0.2, 0) is 6.54 Å². The Bertz CT molecular complexity index is 431. The molecular weight excluding hydrogens is 260 g/mol. The highest BCUT2D eigenvalue weighted by Gasteiger charge is 2.36. The lowest BCUT2D eigenvalue weighted by atomic mass is 9.91. The van der Waals surface area contributed by atoms with Gasteiger partial charge in [-0.15, -0.1) is 0 Å². The van der Waals surface area contributed by atoms with E-state index in [2.05, 4.69) is 30.8 Å². The lowest BCUT2D eigenvalue weighted by Gasteiger charge is -2.18. The second-order valence-electron chi connectivity index (χ2n) is 6.56. The van der Waals surface area contributed by atoms with Crippen molar-refractivity contribution in [1.82, 2.24) is 5.32 Å². The predicted molar refractivity (Wildman–Crippen MR) is 75.9 cm³/mol. The summed E-state index contributed by atoms with van der Waals surface area (Å²) in [5, 5.41) is 3.57. The van der Waals surface area contributed by atoms with Gasteiger partial charge in [0.2, 0.25) is 0 Å². The third-order valence-corrected chi connectivity index (χ3v) is 4.05. The molecule has 0 saturated heterocycles. The molecule has 1 aliphatic rings. The molecule has 20 heavy (non-hydrogen) atoms. The molecule has 0 aromatic heterocycles. The number of halogens is 2. The molecule has 1 aromatic rings. The van der Waals surface area contributed by atoms with Crippen molar-refractivity contribution < 1.29 is 13.5 Å². The van der Waals surface area contributed by atoms with Crippen LogP contribution in [-0.4, -0.2) is 12.7 Å². The van der Waals surface area contributed by atoms with Gasteiger partial charge in [0, 0.05) is 12.6 Å². The molecule has 1 aliphatic carbocycles. The van der Waals surface area contributed by atoms with Gasteiger partial charge in [-0.25, -0.2) is 0 Å². The minimum absolute atomic E-state index is 0.208. The molecule has 1 aromatic carbocycles. The van der Waals surface area contributed by atoms with E-state index in [9.17, 15) is 8.78 Å². The van der Waals surface area contributed by atoms with Gasteiger partial charge in [-0.2, -0.15) is 8.78 Å². The van der Waals surface area contributed by atoms with Crippen LogP contribution in [0.4, 0.5) is 8.78 Å². The zero-order valence-electron chi connectivity index (χ0n) is 12.3. The first-order chi connectivity index (χ1) is 9.35. The quantitative estimate of drug-likeness (QED) is 0.874. The third-order valence-electron chi connectivity index (χ3n) is 4.05. The number of nitrogens with one attached hydrogen (secondary N) is 1. The minimum Gasteiger partial charge on any atom is -0.435 e. The van der Waals surface area contributed by atoms with Crippen LogP contribution in [0, 0.1) is 11.3 Å². The van der Waals surface area contributed by atoms with Gasteiger partial charge in [0.1, 0.15) is 5.75 Å². The summed E-state index contributed by atoms with van der Waals surface area (Å²) in [7, 11) is 0. The van der Waals surface area contributed by atoms with Crippen LogP contribution in [0.3, 0.4) is 0 Å². The molecule has 0 aliphatic heterocycles. The molecule has 4 heteroatoms. The Balaban J connectivity index is 1.85. The maximum absolute atomic E-state index is 12.1. The van der Waals surface area contributed by atoms with Gasteiger partial charge in [-0.3, -0.25) is 0 Å². The normalized spacial score (nSPS) is 25.1. The zero-order valence-corrected chi connectivity index (χ0v) is 12.3. The molecule has 0 bridgehead atoms. The van der Waals surface area contributed by atoms with E-state index in [0.29, 0.717) is 17.4 Å². The summed E-state index contributed by atoms with van der Waals surface area (Å²) in [6, 6.07) is 7.36. The van der Waals surface area contributed by atoms with E-state index in [1.165, 1.54) is 12.8 Å². The zero-order chi connectivity index (χ0) is 14.8. The van der Waals surface area contributed by atoms with E-state index in [1.54, 1.807) is 12.1 Å². The first-order valence-corrected chi connectivity index (χ1v) is 7.13. The summed E-state index contributed by atoms with van der Waals surface area (Å²) in [4.78, 5) is 0. The van der Waals surface area contributed by atoms with Crippen molar-refractivity contribution >= 4 is 0 Å². The van der Waals surface area contributed by atoms with Crippen molar-refractivity contribution in [2.24, 2.45) is 11.3 Å². The standard InChI is InChI=1S/C16H23F2NO/c1-11-8-16(2,3)9-14(11)19-10-12-4-6-13(7-5-12)20-15(17)18/h4-7,11,14-15,19H,8-10H2,1-3H3. The topological polar surface area (TPSA) is 21.3 Å². The van der Waals surface area contributed by atoms with Crippen LogP contribution >= 0.6 is 0 Å². The minimum atomic E-state index is -2.76. The van der Waals surface area contributed by atoms with Gasteiger partial charge in [0.05, 0.1) is 0 Å². The van der Waals surface area contributed by atoms with Crippen molar-refractivity contribution in [1.29, 1.82) is 0 Å². The van der Waals surface area contributed by atoms with E-state index >= 15 is 0 Å². The van der Waals surface area contributed by atoms with E-state index in [0.717, 1.165) is 12.1 Å². The van der Waals surface area contributed by atoms with Gasteiger partial charge in [0.25, 0.3) is 0 Å². The van der Waals surface area contributed by atoms with Crippen molar-refractivity contribution in [2.75, 3.05) is 0 Å². The number of alkyl halides is 2. The monoisotopic (exact) mass is 283 g/mol. The Morgan fingerprint density at radius 1 is 1.25 bits per heavy atom. The van der Waals surface area contributed by atoms with Crippen molar-refractivity contribution in [3.8, 4) is 5.75 Å². The molecule has 2 unspecified atom stereocenters. The largest absolute Gasteiger partial charge is 0.435 e. The summed E-state index contributed by atoms with van der Waals surface area (Å²) >= 11 is 0. The van der Waals surface area contributed by atoms with Crippen LogP contribution in [0.15, 0.2) is 24.3 Å². The average Bonchev–Trinajstić information content (AvgIpc) is 2.61. The maximum Gasteiger partial charge on any atom is 0.387 e. The van der Waals surface area contributed by atoms with E-state index in [1.807, 2.05) is 12.1 Å². The van der Waals surface area contributed by atoms with Crippen LogP contribution in [0.25, 0.3) is 0 Å². The Kier molecular flexibility index (Phi) is 4.63. The average molecular weight is 283 g/mol. The lowest BCUT2D eigenvalue weighted by molar-refractivity contribution is -0.0498. The van der Waals surface area contributed by atoms with Crippen LogP contribution < -0.4 is 10.1 Å². The number of ether oxygens (including phenoxy) is 1. The second kappa shape index (κ2) is 6.08. The summed E-state index contributed by atoms with van der Waals surface area (Å²) in [5.74, 6) is 0.880. The first-order valence-electron chi connectivity index (χ1n) is 7.13. The highest BCUT2D eigenvalue weighted by atomic mass is 19.3. The van der Waals surface area contributed by atoms with Crippen molar-refractivity contribution in [3.63, 3.8) is 0 Å². The molecule has 0 radical (unpaired) electrons. The molecule has 2 nitrogen and oxygen atoms in total. The molecule has 1 N–H and O–H groups in total. The Morgan fingerprint density at radius 2 is 1.90 bits per heavy atom. The number of benzene rings is 1. The fraction of sp³-hybridized carbons (Fsp3) is 0.625. The third kappa shape index (κ3) is 4.17. The highest BCUT2D eigenvalue weighted by Crippen LogP contribution is 2.40. The summed E-state index contributed by atoms with van der Waals surface area (Å²) in [6.07, 6.45) is 2.42. The smallest absolute Gasteiger partial charge is 0.387 e. The summed E-state index contributed by atoms with van der Waals surface area (Å²) in [5.41, 5.74) is 1.50. The molecule has 2 atom stereocenters. The van der Waals surface area contributed by atoms with Crippen LogP contribution in [0.5, 0.6) is 5.75 Å². The van der Waals surface area contributed by atoms with Crippen molar-refractivity contribution in [3.05, 3.63) is 29.8 Å². The molecule has 1 saturated carbocycles. The molecule has 0 amide bonds. The van der Waals surface area contributed by atoms with Crippen molar-refractivity contribution in [2.45, 2.75) is 52.8 Å². The lowest BCUT2D eigenvalue weighted by Crippen LogP contribution is -2.31. The molecule has 112 valence electrons. The molecule has 0 heterocycles. The van der Waals surface area contributed by atoms with Gasteiger partial charge in [0.15, 0.2) is 0 Å². The SMILES string of the molecule is CC1CC(C)(C)CC1NCc1ccc(OC(F)F)cc1. The van der Waals surface area contributed by atoms with Gasteiger partial charge < -0.3 is 10.1 Å². The Labute approximate surface area is 119 Å². The predicted octanol–water partition coefficient (Wildman–Crippen LogP) is 4.20. The second-order valence-corrected chi connectivity index (χ2v) is 6.56. The van der Waals surface area contributed by atoms with Gasteiger partial charge in [-0.05, 0) is 41.9 Å². The van der Waals surface area contributed by atoms with Crippen LogP contribution in [0.2, 0.25) is 0 Å². The number of rotatable bonds is 5.